The fourth-order valence-corrected chi connectivity index (χ4v) is 22.1. The van der Waals surface area contributed by atoms with Gasteiger partial charge in [-0.2, -0.15) is 0 Å². The second-order valence-electron chi connectivity index (χ2n) is 36.0. The molecule has 0 saturated carbocycles. The highest BCUT2D eigenvalue weighted by Gasteiger charge is 2.26. The molecule has 3 heteroatoms. The van der Waals surface area contributed by atoms with Crippen molar-refractivity contribution < 1.29 is 20.6 Å². The summed E-state index contributed by atoms with van der Waals surface area (Å²) in [6.45, 7) is 0. The average molecular weight is 1790 g/mol. The van der Waals surface area contributed by atoms with Crippen molar-refractivity contribution in [3.8, 4) is 134 Å². The number of para-hydroxylation sites is 2. The van der Waals surface area contributed by atoms with Gasteiger partial charge in [0.1, 0.15) is 33.5 Å². The van der Waals surface area contributed by atoms with Gasteiger partial charge in [-0.25, -0.2) is 0 Å². The molecule has 3 aromatic heterocycles. The van der Waals surface area contributed by atoms with Gasteiger partial charge in [-0.15, -0.1) is 0 Å². The van der Waals surface area contributed by atoms with Crippen molar-refractivity contribution in [3.05, 3.63) is 522 Å². The first-order valence-electron chi connectivity index (χ1n) is 50.7. The summed E-state index contributed by atoms with van der Waals surface area (Å²) in [5.41, 5.74) is 34.4. The Hall–Kier alpha value is -18.3. The molecule has 0 saturated heterocycles. The fourth-order valence-electron chi connectivity index (χ4n) is 22.1. The van der Waals surface area contributed by atoms with Crippen LogP contribution in [-0.4, -0.2) is 0 Å². The molecule has 25 aromatic carbocycles. The number of fused-ring (bicyclic) bond motifs is 16. The molecular weight excluding hydrogens is 1690 g/mol. The van der Waals surface area contributed by atoms with Gasteiger partial charge in [0.15, 0.2) is 0 Å². The largest absolute Gasteiger partial charge is 0.456 e. The fraction of sp³-hybridized carbons (Fsp3) is 0.00730. The summed E-state index contributed by atoms with van der Waals surface area (Å²) in [5, 5.41) is 24.4. The zero-order valence-electron chi connectivity index (χ0n) is 81.9. The topological polar surface area (TPSA) is 39.4 Å². The highest BCUT2D eigenvalue weighted by Crippen LogP contribution is 2.52. The Balaban J connectivity index is 0.000000117. The summed E-state index contributed by atoms with van der Waals surface area (Å²) in [4.78, 5) is 0. The van der Waals surface area contributed by atoms with E-state index in [0.717, 1.165) is 82.7 Å². The third-order valence-corrected chi connectivity index (χ3v) is 28.3. The maximum Gasteiger partial charge on any atom is 0.143 e. The van der Waals surface area contributed by atoms with Gasteiger partial charge >= 0.3 is 0 Å². The Bertz CT molecular complexity index is 9490. The second kappa shape index (κ2) is 35.5. The maximum atomic E-state index is 6.81. The third kappa shape index (κ3) is 14.5. The van der Waals surface area contributed by atoms with E-state index in [1.807, 2.05) is 0 Å². The first kappa shape index (κ1) is 80.2. The van der Waals surface area contributed by atoms with E-state index < -0.39 is 0 Å². The Morgan fingerprint density at radius 1 is 0.143 bits per heavy atom. The molecule has 660 valence electrons. The molecule has 0 fully saturated rings. The molecule has 0 spiro atoms. The van der Waals surface area contributed by atoms with Gasteiger partial charge in [0, 0.05) is 56.3 Å². The van der Waals surface area contributed by atoms with Gasteiger partial charge in [0.2, 0.25) is 0 Å². The van der Waals surface area contributed by atoms with E-state index in [9.17, 15) is 0 Å². The SMILES string of the molecule is [2H]C.[2H][2H].[2H][2H].c1ccc(-c2c3ccccc3c(-c3ccc(-c4ccc5c(c4)oc4cccc(-c6ccccc6)c45)cc3)c3ccccc23)cc1.c1ccc(-c2ccc(-c3cccc4oc5c(-c6c7ccccc7c(-c7ccccc7)c7ccccc67)cccc5c34)cc2)cc1.c1ccc(-c2cccc3oc4c(-c5ccc(-c6c7ccccc7c(-c7cccc8ccccc78)c7ccccc67)cc5)cccc4c23)cc1. The molecule has 0 amide bonds. The van der Waals surface area contributed by atoms with Crippen molar-refractivity contribution in [3.63, 3.8) is 0 Å². The van der Waals surface area contributed by atoms with Crippen LogP contribution in [0, 0.1) is 0 Å². The highest BCUT2D eigenvalue weighted by atomic mass is 16.3. The lowest BCUT2D eigenvalue weighted by atomic mass is 9.84. The molecule has 3 heterocycles. The van der Waals surface area contributed by atoms with Crippen LogP contribution >= 0.6 is 0 Å². The number of hydrogen-bond donors (Lipinski definition) is 0. The quantitative estimate of drug-likeness (QED) is 0.114. The first-order valence-corrected chi connectivity index (χ1v) is 47.7. The Morgan fingerprint density at radius 3 is 0.779 bits per heavy atom. The third-order valence-electron chi connectivity index (χ3n) is 28.3. The van der Waals surface area contributed by atoms with Crippen molar-refractivity contribution in [1.82, 2.24) is 0 Å². The maximum absolute atomic E-state index is 6.81. The van der Waals surface area contributed by atoms with Crippen molar-refractivity contribution >= 4 is 141 Å². The van der Waals surface area contributed by atoms with Gasteiger partial charge in [-0.3, -0.25) is 0 Å². The molecule has 0 N–H and O–H groups in total. The Kier molecular flexibility index (Phi) is 20.3. The number of benzene rings is 25. The predicted octanol–water partition coefficient (Wildman–Crippen LogP) is 40.0. The molecule has 28 rings (SSSR count). The van der Waals surface area contributed by atoms with Gasteiger partial charge in [0.25, 0.3) is 0 Å². The minimum absolute atomic E-state index is 0.900. The van der Waals surface area contributed by atoms with Crippen LogP contribution in [0.1, 0.15) is 14.7 Å². The second-order valence-corrected chi connectivity index (χ2v) is 36.0. The van der Waals surface area contributed by atoms with Crippen LogP contribution in [0.2, 0.25) is 0 Å². The van der Waals surface area contributed by atoms with Crippen molar-refractivity contribution in [2.75, 3.05) is 0 Å². The minimum Gasteiger partial charge on any atom is -0.456 e. The van der Waals surface area contributed by atoms with E-state index in [-0.39, 0.29) is 0 Å². The zero-order chi connectivity index (χ0) is 97.8. The van der Waals surface area contributed by atoms with Crippen LogP contribution in [0.3, 0.4) is 0 Å². The smallest absolute Gasteiger partial charge is 0.143 e. The van der Waals surface area contributed by atoms with Crippen LogP contribution in [0.5, 0.6) is 0 Å². The summed E-state index contributed by atoms with van der Waals surface area (Å²) in [5.74, 6) is 0. The van der Waals surface area contributed by atoms with Crippen molar-refractivity contribution in [2.45, 2.75) is 7.40 Å². The van der Waals surface area contributed by atoms with E-state index >= 15 is 0 Å². The summed E-state index contributed by atoms with van der Waals surface area (Å²) in [7, 11) is 1.25. The van der Waals surface area contributed by atoms with E-state index in [0.29, 0.717) is 0 Å². The number of hydrogen-bond acceptors (Lipinski definition) is 3. The number of rotatable bonds is 12. The van der Waals surface area contributed by atoms with Crippen LogP contribution < -0.4 is 0 Å². The zero-order valence-corrected chi connectivity index (χ0v) is 76.9. The number of furan rings is 3. The van der Waals surface area contributed by atoms with E-state index in [2.05, 4.69) is 522 Å². The molecule has 0 aliphatic carbocycles. The summed E-state index contributed by atoms with van der Waals surface area (Å²) in [6.07, 6.45) is 0. The van der Waals surface area contributed by atoms with Gasteiger partial charge in [-0.1, -0.05) is 499 Å². The van der Waals surface area contributed by atoms with E-state index in [1.165, 1.54) is 199 Å². The monoisotopic (exact) mass is 1790 g/mol. The lowest BCUT2D eigenvalue weighted by molar-refractivity contribution is 0.669. The van der Waals surface area contributed by atoms with Gasteiger partial charge in [0.05, 0.1) is 0 Å². The lowest BCUT2D eigenvalue weighted by Crippen LogP contribution is -1.91. The van der Waals surface area contributed by atoms with Crippen LogP contribution in [0.25, 0.3) is 275 Å². The standard InChI is InChI=1S/C48H30O.2C44H28O.CH4.2H2/c1-2-13-32(14-3-1)36-22-12-26-44-47(36)43-25-11-23-37(48(43)49-44)33-27-29-34(30-28-33)45-39-18-6-8-20-41(39)46(42-21-9-7-19-40(42)45)38-24-10-16-31-15-4-5-17-35(31)38;1-3-13-29(14-4-1)30-25-27-31(28-26-30)33-21-12-24-40-43(33)39-23-11-22-38(44(39)45-40)42-36-19-9-7-17-34(36)41(32-15-5-2-6-16-32)35-18-8-10-20-37(35)42;1-3-12-30(13-4-1)34-20-11-21-40-44(34)39-27-26-33(28-41(39)45-40)29-22-24-32(25-23-29)43-37-18-9-7-16-35(37)42(31-14-5-2-6-15-31)36-17-8-10-19-38(36)43;;;/h1-30H;2*1-28H;1H4;2*1H/i;;;1D;2*1+1D. The normalized spacial score (nSPS) is 11.7. The van der Waals surface area contributed by atoms with Crippen LogP contribution in [-0.2, 0) is 0 Å². The molecule has 0 bridgehead atoms. The van der Waals surface area contributed by atoms with Crippen molar-refractivity contribution in [2.24, 2.45) is 0 Å². The van der Waals surface area contributed by atoms with Crippen LogP contribution in [0.4, 0.5) is 0 Å². The molecule has 140 heavy (non-hydrogen) atoms. The summed E-state index contributed by atoms with van der Waals surface area (Å²) in [6, 6.07) is 187. The Morgan fingerprint density at radius 2 is 0.371 bits per heavy atom. The highest BCUT2D eigenvalue weighted by molar-refractivity contribution is 6.28. The molecule has 0 aliphatic heterocycles. The Labute approximate surface area is 818 Å². The molecule has 0 atom stereocenters. The summed E-state index contributed by atoms with van der Waals surface area (Å²) >= 11 is 0. The van der Waals surface area contributed by atoms with Crippen molar-refractivity contribution in [1.29, 1.82) is 0 Å². The lowest BCUT2D eigenvalue weighted by Gasteiger charge is -2.19. The molecule has 28 aromatic rings. The van der Waals surface area contributed by atoms with E-state index in [4.69, 9.17) is 20.6 Å². The molecule has 0 radical (unpaired) electrons. The van der Waals surface area contributed by atoms with Gasteiger partial charge in [-0.05, 0) is 223 Å². The average Bonchev–Trinajstić information content (AvgIpc) is 1.35. The molecular formula is C137H94O3. The molecule has 0 unspecified atom stereocenters. The van der Waals surface area contributed by atoms with E-state index in [1.54, 1.807) is 0 Å². The van der Waals surface area contributed by atoms with Crippen LogP contribution in [0.15, 0.2) is 535 Å². The molecule has 3 nitrogen and oxygen atoms in total. The summed E-state index contributed by atoms with van der Waals surface area (Å²) < 4.78 is 45.6. The molecule has 0 aliphatic rings. The minimum atomic E-state index is 0.900. The first-order chi connectivity index (χ1) is 72.0. The van der Waals surface area contributed by atoms with Gasteiger partial charge < -0.3 is 13.3 Å². The predicted molar refractivity (Wildman–Crippen MR) is 600 cm³/mol.